The Morgan fingerprint density at radius 3 is 2.49 bits per heavy atom. The van der Waals surface area contributed by atoms with Crippen molar-refractivity contribution in [3.8, 4) is 5.75 Å². The number of aromatic nitrogens is 1. The molecule has 0 atom stereocenters. The van der Waals surface area contributed by atoms with Crippen LogP contribution in [0.2, 0.25) is 0 Å². The van der Waals surface area contributed by atoms with Gasteiger partial charge >= 0.3 is 0 Å². The van der Waals surface area contributed by atoms with Gasteiger partial charge in [-0.2, -0.15) is 0 Å². The van der Waals surface area contributed by atoms with Crippen LogP contribution >= 0.6 is 0 Å². The molecule has 0 aliphatic carbocycles. The number of fused-ring (bicyclic) bond motifs is 1. The van der Waals surface area contributed by atoms with Crippen LogP contribution in [0.5, 0.6) is 5.75 Å². The van der Waals surface area contributed by atoms with Crippen molar-refractivity contribution < 1.29 is 27.5 Å². The van der Waals surface area contributed by atoms with E-state index in [2.05, 4.69) is 10.0 Å². The lowest BCUT2D eigenvalue weighted by Gasteiger charge is -2.12. The average Bonchev–Trinajstić information content (AvgIpc) is 3.18. The summed E-state index contributed by atoms with van der Waals surface area (Å²) >= 11 is 0. The maximum atomic E-state index is 12.8. The molecule has 0 saturated carbocycles. The van der Waals surface area contributed by atoms with Gasteiger partial charge in [0, 0.05) is 41.8 Å². The highest BCUT2D eigenvalue weighted by molar-refractivity contribution is 7.90. The first kappa shape index (κ1) is 25.6. The number of amides is 2. The zero-order chi connectivity index (χ0) is 26.7. The van der Waals surface area contributed by atoms with E-state index in [1.807, 2.05) is 23.9 Å². The van der Waals surface area contributed by atoms with Crippen molar-refractivity contribution >= 4 is 44.7 Å². The Hall–Kier alpha value is -4.44. The summed E-state index contributed by atoms with van der Waals surface area (Å²) in [6, 6.07) is 16.5. The Labute approximate surface area is 214 Å². The van der Waals surface area contributed by atoms with E-state index in [1.165, 1.54) is 19.2 Å². The Morgan fingerprint density at radius 2 is 1.78 bits per heavy atom. The summed E-state index contributed by atoms with van der Waals surface area (Å²) in [6.07, 6.45) is 2.60. The number of hydrogen-bond donors (Lipinski definition) is 2. The Kier molecular flexibility index (Phi) is 7.12. The minimum absolute atomic E-state index is 0.0339. The van der Waals surface area contributed by atoms with Crippen molar-refractivity contribution in [2.24, 2.45) is 7.05 Å². The number of ether oxygens (including phenoxy) is 1. The van der Waals surface area contributed by atoms with Crippen molar-refractivity contribution in [1.29, 1.82) is 0 Å². The molecule has 4 rings (SSSR count). The third-order valence-electron chi connectivity index (χ3n) is 5.99. The molecule has 10 heteroatoms. The van der Waals surface area contributed by atoms with Gasteiger partial charge in [-0.3, -0.25) is 14.4 Å². The van der Waals surface area contributed by atoms with Crippen LogP contribution in [0.1, 0.15) is 27.0 Å². The van der Waals surface area contributed by atoms with E-state index < -0.39 is 21.8 Å². The highest BCUT2D eigenvalue weighted by Gasteiger charge is 2.21. The molecule has 0 aliphatic rings. The second-order valence-corrected chi connectivity index (χ2v) is 10.2. The zero-order valence-corrected chi connectivity index (χ0v) is 21.3. The quantitative estimate of drug-likeness (QED) is 0.272. The van der Waals surface area contributed by atoms with Crippen LogP contribution in [0.25, 0.3) is 10.9 Å². The number of nitrogens with zero attached hydrogens (tertiary/aromatic N) is 1. The molecular formula is C27H25N3O6S. The predicted octanol–water partition coefficient (Wildman–Crippen LogP) is 3.34. The number of hydrogen-bond acceptors (Lipinski definition) is 6. The topological polar surface area (TPSA) is 124 Å². The molecule has 37 heavy (non-hydrogen) atoms. The van der Waals surface area contributed by atoms with Gasteiger partial charge < -0.3 is 14.6 Å². The fourth-order valence-corrected chi connectivity index (χ4v) is 5.42. The summed E-state index contributed by atoms with van der Waals surface area (Å²) in [7, 11) is -0.677. The summed E-state index contributed by atoms with van der Waals surface area (Å²) in [5.41, 5.74) is 3.78. The van der Waals surface area contributed by atoms with Crippen molar-refractivity contribution in [3.05, 3.63) is 89.1 Å². The number of carbonyl (C=O) groups is 3. The van der Waals surface area contributed by atoms with Gasteiger partial charge in [-0.15, -0.1) is 0 Å². The smallest absolute Gasteiger partial charge is 0.288 e. The van der Waals surface area contributed by atoms with Crippen LogP contribution in [0, 0.1) is 6.92 Å². The number of aldehydes is 1. The molecule has 0 aliphatic heterocycles. The maximum absolute atomic E-state index is 12.8. The number of anilines is 1. The second-order valence-electron chi connectivity index (χ2n) is 8.51. The Balaban J connectivity index is 1.61. The molecule has 4 aromatic rings. The molecule has 1 heterocycles. The minimum atomic E-state index is -4.05. The van der Waals surface area contributed by atoms with Crippen molar-refractivity contribution in [1.82, 2.24) is 9.29 Å². The van der Waals surface area contributed by atoms with Crippen molar-refractivity contribution in [2.45, 2.75) is 18.2 Å². The van der Waals surface area contributed by atoms with Gasteiger partial charge in [-0.1, -0.05) is 24.3 Å². The lowest BCUT2D eigenvalue weighted by molar-refractivity contribution is -0.127. The Morgan fingerprint density at radius 1 is 1.03 bits per heavy atom. The first-order chi connectivity index (χ1) is 17.6. The van der Waals surface area contributed by atoms with E-state index in [4.69, 9.17) is 4.74 Å². The molecule has 0 unspecified atom stereocenters. The third-order valence-corrected chi connectivity index (χ3v) is 7.48. The number of sulfonamides is 1. The average molecular weight is 520 g/mol. The molecule has 3 aromatic carbocycles. The van der Waals surface area contributed by atoms with Gasteiger partial charge in [-0.05, 0) is 60.0 Å². The van der Waals surface area contributed by atoms with Crippen molar-refractivity contribution in [2.75, 3.05) is 12.4 Å². The fourth-order valence-electron chi connectivity index (χ4n) is 4.19. The molecule has 0 spiro atoms. The Bertz CT molecular complexity index is 1640. The lowest BCUT2D eigenvalue weighted by atomic mass is 10.0. The number of nitrogens with one attached hydrogen (secondary N) is 2. The normalized spacial score (nSPS) is 11.2. The number of methoxy groups -OCH3 is 1. The summed E-state index contributed by atoms with van der Waals surface area (Å²) in [4.78, 5) is 35.0. The SMILES string of the molecule is COc1cc(C(=O)NS(=O)(=O)c2ccccc2C)ccc1Cc1cn(C)c2ccc(NC(=O)C=O)cc12. The number of carbonyl (C=O) groups excluding carboxylic acids is 3. The van der Waals surface area contributed by atoms with Crippen LogP contribution in [0.3, 0.4) is 0 Å². The van der Waals surface area contributed by atoms with Crippen LogP contribution in [-0.2, 0) is 33.1 Å². The molecular weight excluding hydrogens is 494 g/mol. The monoisotopic (exact) mass is 519 g/mol. The van der Waals surface area contributed by atoms with Gasteiger partial charge in [0.1, 0.15) is 5.75 Å². The van der Waals surface area contributed by atoms with Crippen LogP contribution in [0.15, 0.2) is 71.8 Å². The van der Waals surface area contributed by atoms with E-state index in [0.717, 1.165) is 22.0 Å². The van der Waals surface area contributed by atoms with Crippen LogP contribution in [0.4, 0.5) is 5.69 Å². The first-order valence-corrected chi connectivity index (χ1v) is 12.7. The zero-order valence-electron chi connectivity index (χ0n) is 20.4. The van der Waals surface area contributed by atoms with E-state index >= 15 is 0 Å². The van der Waals surface area contributed by atoms with Gasteiger partial charge in [-0.25, -0.2) is 13.1 Å². The molecule has 0 fully saturated rings. The predicted molar refractivity (Wildman–Crippen MR) is 139 cm³/mol. The van der Waals surface area contributed by atoms with Crippen LogP contribution in [-0.4, -0.2) is 38.2 Å². The largest absolute Gasteiger partial charge is 0.496 e. The number of rotatable bonds is 8. The maximum Gasteiger partial charge on any atom is 0.288 e. The van der Waals surface area contributed by atoms with Gasteiger partial charge in [0.15, 0.2) is 0 Å². The van der Waals surface area contributed by atoms with Crippen LogP contribution < -0.4 is 14.8 Å². The summed E-state index contributed by atoms with van der Waals surface area (Å²) in [6.45, 7) is 1.66. The number of benzene rings is 3. The van der Waals surface area contributed by atoms with E-state index in [9.17, 15) is 22.8 Å². The van der Waals surface area contributed by atoms with Gasteiger partial charge in [0.2, 0.25) is 6.29 Å². The minimum Gasteiger partial charge on any atom is -0.496 e. The summed E-state index contributed by atoms with van der Waals surface area (Å²) in [5.74, 6) is -1.09. The third kappa shape index (κ3) is 5.39. The van der Waals surface area contributed by atoms with E-state index in [1.54, 1.807) is 49.4 Å². The van der Waals surface area contributed by atoms with Gasteiger partial charge in [0.05, 0.1) is 12.0 Å². The van der Waals surface area contributed by atoms with Crippen molar-refractivity contribution in [3.63, 3.8) is 0 Å². The second kappa shape index (κ2) is 10.3. The van der Waals surface area contributed by atoms with E-state index in [0.29, 0.717) is 23.4 Å². The highest BCUT2D eigenvalue weighted by atomic mass is 32.2. The highest BCUT2D eigenvalue weighted by Crippen LogP contribution is 2.30. The number of aryl methyl sites for hydroxylation is 2. The first-order valence-electron chi connectivity index (χ1n) is 11.3. The molecule has 9 nitrogen and oxygen atoms in total. The molecule has 190 valence electrons. The van der Waals surface area contributed by atoms with Gasteiger partial charge in [0.25, 0.3) is 21.8 Å². The molecule has 0 radical (unpaired) electrons. The van der Waals surface area contributed by atoms with E-state index in [-0.39, 0.29) is 16.7 Å². The molecule has 0 saturated heterocycles. The standard InChI is InChI=1S/C27H25N3O6S/c1-17-6-4-5-7-25(17)37(34,35)29-27(33)19-9-8-18(24(13-19)36-3)12-20-15-30(2)23-11-10-21(14-22(20)23)28-26(32)16-31/h4-11,13-16H,12H2,1-3H3,(H,28,32)(H,29,33). The molecule has 2 N–H and O–H groups in total. The fraction of sp³-hybridized carbons (Fsp3) is 0.148. The lowest BCUT2D eigenvalue weighted by Crippen LogP contribution is -2.31. The molecule has 2 amide bonds. The molecule has 1 aromatic heterocycles. The molecule has 0 bridgehead atoms. The summed E-state index contributed by atoms with van der Waals surface area (Å²) < 4.78 is 35.0. The summed E-state index contributed by atoms with van der Waals surface area (Å²) in [5, 5.41) is 3.40.